The quantitative estimate of drug-likeness (QED) is 0.537. The van der Waals surface area contributed by atoms with E-state index in [1.54, 1.807) is 0 Å². The van der Waals surface area contributed by atoms with E-state index in [4.69, 9.17) is 4.74 Å². The van der Waals surface area contributed by atoms with E-state index in [2.05, 4.69) is 10.2 Å². The first-order chi connectivity index (χ1) is 12.8. The molecule has 2 aromatic carbocycles. The number of hydrogen-bond donors (Lipinski definition) is 1. The van der Waals surface area contributed by atoms with Gasteiger partial charge in [0.15, 0.2) is 6.61 Å². The lowest BCUT2D eigenvalue weighted by Crippen LogP contribution is -2.28. The molecular formula is C18H20N2O6S. The molecule has 2 aromatic rings. The largest absolute Gasteiger partial charge is 0.452 e. The van der Waals surface area contributed by atoms with Gasteiger partial charge in [0.2, 0.25) is 0 Å². The van der Waals surface area contributed by atoms with Gasteiger partial charge in [0.1, 0.15) is 0 Å². The van der Waals surface area contributed by atoms with E-state index in [-0.39, 0.29) is 10.5 Å². The zero-order chi connectivity index (χ0) is 19.9. The van der Waals surface area contributed by atoms with Crippen molar-refractivity contribution < 1.29 is 27.6 Å². The van der Waals surface area contributed by atoms with Gasteiger partial charge in [-0.15, -0.1) is 0 Å². The molecule has 0 saturated heterocycles. The molecule has 1 N–H and O–H groups in total. The first-order valence-electron chi connectivity index (χ1n) is 7.95. The summed E-state index contributed by atoms with van der Waals surface area (Å²) >= 11 is 0. The zero-order valence-corrected chi connectivity index (χ0v) is 15.7. The lowest BCUT2D eigenvalue weighted by molar-refractivity contribution is -0.124. The number of esters is 1. The first-order valence-corrected chi connectivity index (χ1v) is 9.39. The highest BCUT2D eigenvalue weighted by molar-refractivity contribution is 7.89. The summed E-state index contributed by atoms with van der Waals surface area (Å²) in [5.74, 6) is -1.27. The standard InChI is InChI=1S/C18H20N2O6S/c1-20(25-2)27(23,24)16-10-6-9-15(11-16)18(22)26-13-17(21)19-12-14-7-4-3-5-8-14/h3-11H,12-13H2,1-2H3,(H,19,21). The van der Waals surface area contributed by atoms with Crippen molar-refractivity contribution in [3.05, 3.63) is 65.7 Å². The monoisotopic (exact) mass is 392 g/mol. The highest BCUT2D eigenvalue weighted by Gasteiger charge is 2.22. The second kappa shape index (κ2) is 9.26. The third-order valence-corrected chi connectivity index (χ3v) is 5.31. The van der Waals surface area contributed by atoms with E-state index in [1.807, 2.05) is 30.3 Å². The maximum atomic E-state index is 12.2. The van der Waals surface area contributed by atoms with Gasteiger partial charge in [-0.05, 0) is 23.8 Å². The van der Waals surface area contributed by atoms with E-state index in [0.29, 0.717) is 11.0 Å². The number of carbonyl (C=O) groups excluding carboxylic acids is 2. The normalized spacial score (nSPS) is 11.2. The van der Waals surface area contributed by atoms with Crippen LogP contribution < -0.4 is 5.32 Å². The molecule has 0 bridgehead atoms. The smallest absolute Gasteiger partial charge is 0.338 e. The molecule has 2 rings (SSSR count). The Morgan fingerprint density at radius 2 is 1.78 bits per heavy atom. The molecule has 0 aliphatic carbocycles. The fourth-order valence-corrected chi connectivity index (χ4v) is 3.11. The van der Waals surface area contributed by atoms with Gasteiger partial charge in [0, 0.05) is 13.6 Å². The Kier molecular flexibility index (Phi) is 7.05. The van der Waals surface area contributed by atoms with Gasteiger partial charge >= 0.3 is 5.97 Å². The Morgan fingerprint density at radius 3 is 2.44 bits per heavy atom. The molecule has 0 atom stereocenters. The molecule has 1 amide bonds. The van der Waals surface area contributed by atoms with Crippen LogP contribution in [0.2, 0.25) is 0 Å². The number of hydroxylamine groups is 1. The molecule has 8 nitrogen and oxygen atoms in total. The molecule has 0 aliphatic heterocycles. The van der Waals surface area contributed by atoms with Crippen molar-refractivity contribution in [2.75, 3.05) is 20.8 Å². The molecule has 0 radical (unpaired) electrons. The maximum Gasteiger partial charge on any atom is 0.338 e. The van der Waals surface area contributed by atoms with Crippen molar-refractivity contribution in [3.63, 3.8) is 0 Å². The Bertz CT molecular complexity index is 899. The number of nitrogens with one attached hydrogen (secondary N) is 1. The second-order valence-electron chi connectivity index (χ2n) is 5.46. The third kappa shape index (κ3) is 5.61. The fourth-order valence-electron chi connectivity index (χ4n) is 2.09. The van der Waals surface area contributed by atoms with Crippen LogP contribution in [0.3, 0.4) is 0 Å². The van der Waals surface area contributed by atoms with Crippen molar-refractivity contribution in [2.24, 2.45) is 0 Å². The van der Waals surface area contributed by atoms with Gasteiger partial charge in [0.05, 0.1) is 17.6 Å². The SMILES string of the molecule is CON(C)S(=O)(=O)c1cccc(C(=O)OCC(=O)NCc2ccccc2)c1. The number of carbonyl (C=O) groups is 2. The van der Waals surface area contributed by atoms with Crippen molar-refractivity contribution in [1.29, 1.82) is 0 Å². The average molecular weight is 392 g/mol. The van der Waals surface area contributed by atoms with Gasteiger partial charge in [-0.3, -0.25) is 9.63 Å². The summed E-state index contributed by atoms with van der Waals surface area (Å²) in [6.45, 7) is -0.158. The summed E-state index contributed by atoms with van der Waals surface area (Å²) in [5, 5.41) is 2.63. The summed E-state index contributed by atoms with van der Waals surface area (Å²) in [6, 6.07) is 14.6. The number of benzene rings is 2. The lowest BCUT2D eigenvalue weighted by atomic mass is 10.2. The lowest BCUT2D eigenvalue weighted by Gasteiger charge is -2.14. The molecule has 144 valence electrons. The van der Waals surface area contributed by atoms with E-state index in [1.165, 1.54) is 32.4 Å². The van der Waals surface area contributed by atoms with Gasteiger partial charge < -0.3 is 10.1 Å². The van der Waals surface area contributed by atoms with Crippen LogP contribution in [0.25, 0.3) is 0 Å². The maximum absolute atomic E-state index is 12.2. The molecule has 0 aliphatic rings. The van der Waals surface area contributed by atoms with E-state index in [0.717, 1.165) is 11.6 Å². The minimum absolute atomic E-state index is 0.0106. The minimum Gasteiger partial charge on any atom is -0.452 e. The first kappa shape index (κ1) is 20.6. The van der Waals surface area contributed by atoms with E-state index in [9.17, 15) is 18.0 Å². The molecule has 0 saturated carbocycles. The van der Waals surface area contributed by atoms with Crippen molar-refractivity contribution in [3.8, 4) is 0 Å². The molecule has 0 spiro atoms. The van der Waals surface area contributed by atoms with Crippen LogP contribution in [0.5, 0.6) is 0 Å². The Balaban J connectivity index is 1.94. The number of amides is 1. The average Bonchev–Trinajstić information content (AvgIpc) is 2.70. The van der Waals surface area contributed by atoms with E-state index >= 15 is 0 Å². The van der Waals surface area contributed by atoms with E-state index < -0.39 is 28.5 Å². The number of sulfonamides is 1. The predicted octanol–water partition coefficient (Wildman–Crippen LogP) is 1.34. The Morgan fingerprint density at radius 1 is 1.07 bits per heavy atom. The minimum atomic E-state index is -3.89. The fraction of sp³-hybridized carbons (Fsp3) is 0.222. The van der Waals surface area contributed by atoms with Gasteiger partial charge in [-0.1, -0.05) is 40.9 Å². The number of hydrogen-bond acceptors (Lipinski definition) is 6. The summed E-state index contributed by atoms with van der Waals surface area (Å²) in [7, 11) is -1.45. The van der Waals surface area contributed by atoms with Crippen LogP contribution in [-0.2, 0) is 30.9 Å². The Labute approximate surface area is 157 Å². The van der Waals surface area contributed by atoms with Gasteiger partial charge in [0.25, 0.3) is 15.9 Å². The second-order valence-corrected chi connectivity index (χ2v) is 7.40. The number of ether oxygens (including phenoxy) is 1. The van der Waals surface area contributed by atoms with Crippen LogP contribution in [0.15, 0.2) is 59.5 Å². The Hall–Kier alpha value is -2.75. The topological polar surface area (TPSA) is 102 Å². The van der Waals surface area contributed by atoms with Crippen LogP contribution in [-0.4, -0.2) is 45.5 Å². The molecular weight excluding hydrogens is 372 g/mol. The molecule has 0 aromatic heterocycles. The zero-order valence-electron chi connectivity index (χ0n) is 14.9. The van der Waals surface area contributed by atoms with Gasteiger partial charge in [-0.25, -0.2) is 13.2 Å². The van der Waals surface area contributed by atoms with Crippen LogP contribution in [0.1, 0.15) is 15.9 Å². The van der Waals surface area contributed by atoms with Crippen molar-refractivity contribution in [2.45, 2.75) is 11.4 Å². The number of nitrogens with zero attached hydrogens (tertiary/aromatic N) is 1. The molecule has 27 heavy (non-hydrogen) atoms. The summed E-state index contributed by atoms with van der Waals surface area (Å²) < 4.78 is 30.0. The predicted molar refractivity (Wildman–Crippen MR) is 97.0 cm³/mol. The molecule has 0 unspecified atom stereocenters. The van der Waals surface area contributed by atoms with Gasteiger partial charge in [-0.2, -0.15) is 0 Å². The highest BCUT2D eigenvalue weighted by Crippen LogP contribution is 2.16. The molecule has 0 fully saturated rings. The summed E-state index contributed by atoms with van der Waals surface area (Å²) in [5.41, 5.74) is 0.925. The number of rotatable bonds is 8. The van der Waals surface area contributed by atoms with Crippen LogP contribution in [0, 0.1) is 0 Å². The van der Waals surface area contributed by atoms with Crippen molar-refractivity contribution in [1.82, 2.24) is 9.79 Å². The third-order valence-electron chi connectivity index (χ3n) is 3.63. The van der Waals surface area contributed by atoms with Crippen molar-refractivity contribution >= 4 is 21.9 Å². The highest BCUT2D eigenvalue weighted by atomic mass is 32.2. The summed E-state index contributed by atoms with van der Waals surface area (Å²) in [6.07, 6.45) is 0. The summed E-state index contributed by atoms with van der Waals surface area (Å²) in [4.78, 5) is 28.5. The van der Waals surface area contributed by atoms with Crippen LogP contribution in [0.4, 0.5) is 0 Å². The molecule has 9 heteroatoms. The molecule has 0 heterocycles. The van der Waals surface area contributed by atoms with Crippen LogP contribution >= 0.6 is 0 Å².